The molecule has 0 radical (unpaired) electrons. The first-order valence-electron chi connectivity index (χ1n) is 11.5. The van der Waals surface area contributed by atoms with E-state index in [1.54, 1.807) is 6.08 Å². The van der Waals surface area contributed by atoms with E-state index in [1.165, 1.54) is 18.2 Å². The molecule has 0 unspecified atom stereocenters. The van der Waals surface area contributed by atoms with Crippen molar-refractivity contribution >= 4 is 11.9 Å². The molecule has 0 amide bonds. The summed E-state index contributed by atoms with van der Waals surface area (Å²) in [5.74, 6) is -0.326. The van der Waals surface area contributed by atoms with Crippen molar-refractivity contribution in [3.05, 3.63) is 93.1 Å². The summed E-state index contributed by atoms with van der Waals surface area (Å²) >= 11 is 0. The Balaban J connectivity index is 2.42. The summed E-state index contributed by atoms with van der Waals surface area (Å²) in [4.78, 5) is 12.9. The maximum atomic E-state index is 12.9. The first-order valence-corrected chi connectivity index (χ1v) is 11.5. The molecule has 0 spiro atoms. The zero-order valence-corrected chi connectivity index (χ0v) is 21.1. The summed E-state index contributed by atoms with van der Waals surface area (Å²) in [5.41, 5.74) is 6.23. The number of phenolic OH excluding ortho intramolecular Hbond substituents is 3. The highest BCUT2D eigenvalue weighted by Gasteiger charge is 2.16. The van der Waals surface area contributed by atoms with Gasteiger partial charge in [-0.3, -0.25) is 4.79 Å². The highest BCUT2D eigenvalue weighted by molar-refractivity contribution is 6.09. The van der Waals surface area contributed by atoms with Crippen molar-refractivity contribution in [3.63, 3.8) is 0 Å². The molecule has 0 aliphatic carbocycles. The van der Waals surface area contributed by atoms with Crippen molar-refractivity contribution in [2.24, 2.45) is 0 Å². The standard InChI is InChI=1S/C30H36O4/c1-19(2)7-11-23-17-22(18-24(29(23)33)12-8-20(3)4)10-15-27(31)26-14-16-28(32)25(30(26)34)13-9-21(5)6/h7-10,14-18,32-34H,11-13H2,1-6H3/b15-10+. The summed E-state index contributed by atoms with van der Waals surface area (Å²) in [5, 5.41) is 31.5. The molecule has 3 N–H and O–H groups in total. The predicted molar refractivity (Wildman–Crippen MR) is 141 cm³/mol. The lowest BCUT2D eigenvalue weighted by molar-refractivity contribution is 0.104. The van der Waals surface area contributed by atoms with Gasteiger partial charge in [-0.25, -0.2) is 0 Å². The first kappa shape index (κ1) is 26.7. The molecule has 0 atom stereocenters. The van der Waals surface area contributed by atoms with Crippen molar-refractivity contribution in [1.82, 2.24) is 0 Å². The van der Waals surface area contributed by atoms with Crippen LogP contribution in [0, 0.1) is 0 Å². The minimum absolute atomic E-state index is 0.0399. The number of hydrogen-bond donors (Lipinski definition) is 3. The van der Waals surface area contributed by atoms with Crippen LogP contribution in [0.3, 0.4) is 0 Å². The lowest BCUT2D eigenvalue weighted by Crippen LogP contribution is -1.98. The average molecular weight is 461 g/mol. The molecular formula is C30H36O4. The van der Waals surface area contributed by atoms with Crippen molar-refractivity contribution in [2.75, 3.05) is 0 Å². The number of rotatable bonds is 9. The van der Waals surface area contributed by atoms with Crippen LogP contribution in [0.25, 0.3) is 6.08 Å². The Labute approximate surface area is 203 Å². The third kappa shape index (κ3) is 7.51. The molecule has 0 aromatic heterocycles. The molecule has 0 heterocycles. The number of carbonyl (C=O) groups is 1. The Morgan fingerprint density at radius 2 is 1.24 bits per heavy atom. The molecule has 0 bridgehead atoms. The van der Waals surface area contributed by atoms with Gasteiger partial charge in [0.25, 0.3) is 0 Å². The summed E-state index contributed by atoms with van der Waals surface area (Å²) in [6, 6.07) is 6.62. The van der Waals surface area contributed by atoms with Crippen LogP contribution in [0.5, 0.6) is 17.2 Å². The number of benzene rings is 2. The van der Waals surface area contributed by atoms with Crippen molar-refractivity contribution < 1.29 is 20.1 Å². The lowest BCUT2D eigenvalue weighted by atomic mass is 9.97. The molecule has 0 saturated carbocycles. The number of phenols is 3. The number of hydrogen-bond acceptors (Lipinski definition) is 4. The van der Waals surface area contributed by atoms with Gasteiger partial charge in [-0.15, -0.1) is 0 Å². The second-order valence-corrected chi connectivity index (χ2v) is 9.30. The van der Waals surface area contributed by atoms with Crippen LogP contribution in [0.1, 0.15) is 74.2 Å². The third-order valence-corrected chi connectivity index (χ3v) is 5.42. The molecule has 0 aliphatic heterocycles. The molecule has 2 aromatic carbocycles. The Kier molecular flexibility index (Phi) is 9.49. The van der Waals surface area contributed by atoms with Gasteiger partial charge in [-0.05, 0) is 108 Å². The average Bonchev–Trinajstić information content (AvgIpc) is 2.75. The van der Waals surface area contributed by atoms with Crippen LogP contribution < -0.4 is 0 Å². The fourth-order valence-corrected chi connectivity index (χ4v) is 3.42. The van der Waals surface area contributed by atoms with Gasteiger partial charge < -0.3 is 15.3 Å². The van der Waals surface area contributed by atoms with Crippen molar-refractivity contribution in [3.8, 4) is 17.2 Å². The topological polar surface area (TPSA) is 77.8 Å². The molecule has 180 valence electrons. The maximum Gasteiger partial charge on any atom is 0.189 e. The third-order valence-electron chi connectivity index (χ3n) is 5.42. The fraction of sp³-hybridized carbons (Fsp3) is 0.300. The lowest BCUT2D eigenvalue weighted by Gasteiger charge is -2.11. The molecule has 2 rings (SSSR count). The minimum Gasteiger partial charge on any atom is -0.508 e. The van der Waals surface area contributed by atoms with Gasteiger partial charge in [-0.1, -0.05) is 41.0 Å². The second kappa shape index (κ2) is 12.1. The highest BCUT2D eigenvalue weighted by Crippen LogP contribution is 2.32. The molecule has 34 heavy (non-hydrogen) atoms. The molecule has 0 aliphatic rings. The van der Waals surface area contributed by atoms with Crippen LogP contribution in [0.15, 0.2) is 65.3 Å². The van der Waals surface area contributed by atoms with E-state index in [4.69, 9.17) is 0 Å². The zero-order valence-electron chi connectivity index (χ0n) is 21.1. The van der Waals surface area contributed by atoms with Gasteiger partial charge in [0.05, 0.1) is 5.56 Å². The smallest absolute Gasteiger partial charge is 0.189 e. The largest absolute Gasteiger partial charge is 0.508 e. The van der Waals surface area contributed by atoms with Gasteiger partial charge in [0.1, 0.15) is 17.2 Å². The summed E-state index contributed by atoms with van der Waals surface area (Å²) < 4.78 is 0. The van der Waals surface area contributed by atoms with E-state index in [1.807, 2.05) is 59.8 Å². The Bertz CT molecular complexity index is 1120. The summed E-state index contributed by atoms with van der Waals surface area (Å²) in [6.45, 7) is 11.9. The van der Waals surface area contributed by atoms with E-state index in [2.05, 4.69) is 12.2 Å². The van der Waals surface area contributed by atoms with E-state index in [-0.39, 0.29) is 28.6 Å². The SMILES string of the molecule is CC(C)=CCc1cc(/C=C/C(=O)c2ccc(O)c(CC=C(C)C)c2O)cc(CC=C(C)C)c1O. The van der Waals surface area contributed by atoms with Gasteiger partial charge in [-0.2, -0.15) is 0 Å². The molecular weight excluding hydrogens is 424 g/mol. The first-order chi connectivity index (χ1) is 16.0. The van der Waals surface area contributed by atoms with Crippen LogP contribution in [-0.4, -0.2) is 21.1 Å². The van der Waals surface area contributed by atoms with E-state index < -0.39 is 0 Å². The monoisotopic (exact) mass is 460 g/mol. The Morgan fingerprint density at radius 3 is 1.74 bits per heavy atom. The zero-order chi connectivity index (χ0) is 25.4. The van der Waals surface area contributed by atoms with Gasteiger partial charge in [0.15, 0.2) is 5.78 Å². The Morgan fingerprint density at radius 1 is 0.735 bits per heavy atom. The predicted octanol–water partition coefficient (Wildman–Crippen LogP) is 7.23. The molecule has 0 saturated heterocycles. The molecule has 0 fully saturated rings. The van der Waals surface area contributed by atoms with E-state index >= 15 is 0 Å². The summed E-state index contributed by atoms with van der Waals surface area (Å²) in [6.07, 6.45) is 10.6. The Hall–Kier alpha value is -3.53. The molecule has 4 nitrogen and oxygen atoms in total. The quantitative estimate of drug-likeness (QED) is 0.210. The van der Waals surface area contributed by atoms with Crippen LogP contribution in [-0.2, 0) is 19.3 Å². The van der Waals surface area contributed by atoms with Crippen LogP contribution in [0.2, 0.25) is 0 Å². The van der Waals surface area contributed by atoms with Crippen LogP contribution in [0.4, 0.5) is 0 Å². The second-order valence-electron chi connectivity index (χ2n) is 9.30. The van der Waals surface area contributed by atoms with Crippen LogP contribution >= 0.6 is 0 Å². The number of carbonyl (C=O) groups excluding carboxylic acids is 1. The molecule has 2 aromatic rings. The minimum atomic E-state index is -0.360. The van der Waals surface area contributed by atoms with E-state index in [0.717, 1.165) is 33.4 Å². The molecule has 4 heteroatoms. The van der Waals surface area contributed by atoms with Gasteiger partial charge in [0, 0.05) is 5.56 Å². The normalized spacial score (nSPS) is 10.8. The van der Waals surface area contributed by atoms with E-state index in [9.17, 15) is 20.1 Å². The van der Waals surface area contributed by atoms with Gasteiger partial charge >= 0.3 is 0 Å². The number of ketones is 1. The highest BCUT2D eigenvalue weighted by atomic mass is 16.3. The number of aromatic hydroxyl groups is 3. The fourth-order valence-electron chi connectivity index (χ4n) is 3.42. The van der Waals surface area contributed by atoms with E-state index in [0.29, 0.717) is 24.8 Å². The van der Waals surface area contributed by atoms with Crippen molar-refractivity contribution in [2.45, 2.75) is 60.8 Å². The van der Waals surface area contributed by atoms with Gasteiger partial charge in [0.2, 0.25) is 0 Å². The number of allylic oxidation sites excluding steroid dienone is 7. The summed E-state index contributed by atoms with van der Waals surface area (Å²) in [7, 11) is 0. The van der Waals surface area contributed by atoms with Crippen molar-refractivity contribution in [1.29, 1.82) is 0 Å². The maximum absolute atomic E-state index is 12.9.